The van der Waals surface area contributed by atoms with Gasteiger partial charge < -0.3 is 16.2 Å². The third-order valence-electron chi connectivity index (χ3n) is 4.09. The predicted octanol–water partition coefficient (Wildman–Crippen LogP) is -0.133. The number of rotatable bonds is 5. The molecule has 2 rings (SSSR count). The van der Waals surface area contributed by atoms with Gasteiger partial charge in [-0.15, -0.1) is 0 Å². The number of fused-ring (bicyclic) bond motifs is 2. The van der Waals surface area contributed by atoms with Crippen LogP contribution in [0.1, 0.15) is 32.1 Å². The summed E-state index contributed by atoms with van der Waals surface area (Å²) in [5.41, 5.74) is 4.97. The summed E-state index contributed by atoms with van der Waals surface area (Å²) in [4.78, 5) is 33.7. The number of hydrogen-bond donors (Lipinski definition) is 3. The molecular formula is C12H18N2O4. The Bertz CT molecular complexity index is 382. The van der Waals surface area contributed by atoms with Crippen molar-refractivity contribution in [1.82, 2.24) is 5.32 Å². The average Bonchev–Trinajstić information content (AvgIpc) is 2.88. The van der Waals surface area contributed by atoms with Crippen LogP contribution in [-0.4, -0.2) is 28.9 Å². The van der Waals surface area contributed by atoms with E-state index in [-0.39, 0.29) is 18.2 Å². The molecule has 2 amide bonds. The normalized spacial score (nSPS) is 31.0. The highest BCUT2D eigenvalue weighted by molar-refractivity contribution is 5.89. The topological polar surface area (TPSA) is 109 Å². The number of carboxylic acids is 1. The van der Waals surface area contributed by atoms with Gasteiger partial charge in [0.2, 0.25) is 11.8 Å². The van der Waals surface area contributed by atoms with Crippen LogP contribution in [-0.2, 0) is 14.4 Å². The molecule has 0 aliphatic heterocycles. The van der Waals surface area contributed by atoms with Crippen LogP contribution in [0.2, 0.25) is 0 Å². The van der Waals surface area contributed by atoms with Crippen LogP contribution in [0.3, 0.4) is 0 Å². The van der Waals surface area contributed by atoms with Crippen LogP contribution in [0, 0.1) is 17.8 Å². The molecule has 2 fully saturated rings. The van der Waals surface area contributed by atoms with Crippen molar-refractivity contribution in [3.05, 3.63) is 0 Å². The zero-order valence-electron chi connectivity index (χ0n) is 10.1. The van der Waals surface area contributed by atoms with E-state index in [0.29, 0.717) is 11.8 Å². The van der Waals surface area contributed by atoms with E-state index in [4.69, 9.17) is 10.8 Å². The summed E-state index contributed by atoms with van der Waals surface area (Å²) in [7, 11) is 0. The lowest BCUT2D eigenvalue weighted by atomic mass is 9.88. The third-order valence-corrected chi connectivity index (χ3v) is 4.09. The Hall–Kier alpha value is -1.59. The Morgan fingerprint density at radius 3 is 2.44 bits per heavy atom. The maximum atomic E-state index is 12.0. The second-order valence-electron chi connectivity index (χ2n) is 5.35. The minimum absolute atomic E-state index is 0.0847. The number of hydrogen-bond acceptors (Lipinski definition) is 3. The fourth-order valence-electron chi connectivity index (χ4n) is 3.25. The van der Waals surface area contributed by atoms with Crippen LogP contribution in [0.4, 0.5) is 0 Å². The van der Waals surface area contributed by atoms with Gasteiger partial charge in [-0.25, -0.2) is 4.79 Å². The van der Waals surface area contributed by atoms with Gasteiger partial charge in [0, 0.05) is 5.92 Å². The van der Waals surface area contributed by atoms with E-state index in [1.54, 1.807) is 0 Å². The summed E-state index contributed by atoms with van der Waals surface area (Å²) in [5, 5.41) is 11.4. The number of primary amides is 1. The molecule has 0 saturated heterocycles. The van der Waals surface area contributed by atoms with E-state index >= 15 is 0 Å². The van der Waals surface area contributed by atoms with E-state index in [1.165, 1.54) is 6.42 Å². The highest BCUT2D eigenvalue weighted by Gasteiger charge is 2.43. The third kappa shape index (κ3) is 2.63. The molecule has 0 spiro atoms. The molecule has 4 N–H and O–H groups in total. The zero-order chi connectivity index (χ0) is 13.3. The summed E-state index contributed by atoms with van der Waals surface area (Å²) in [6.07, 6.45) is 3.79. The Kier molecular flexibility index (Phi) is 3.54. The smallest absolute Gasteiger partial charge is 0.326 e. The van der Waals surface area contributed by atoms with E-state index < -0.39 is 17.9 Å². The number of carbonyl (C=O) groups is 3. The quantitative estimate of drug-likeness (QED) is 0.634. The first-order chi connectivity index (χ1) is 8.47. The lowest BCUT2D eigenvalue weighted by Gasteiger charge is -2.22. The molecular weight excluding hydrogens is 236 g/mol. The van der Waals surface area contributed by atoms with Gasteiger partial charge in [-0.2, -0.15) is 0 Å². The predicted molar refractivity (Wildman–Crippen MR) is 62.3 cm³/mol. The van der Waals surface area contributed by atoms with Crippen LogP contribution < -0.4 is 11.1 Å². The van der Waals surface area contributed by atoms with Crippen molar-refractivity contribution in [2.75, 3.05) is 0 Å². The van der Waals surface area contributed by atoms with E-state index in [1.807, 2.05) is 0 Å². The molecule has 2 aliphatic carbocycles. The van der Waals surface area contributed by atoms with Gasteiger partial charge in [-0.1, -0.05) is 6.42 Å². The summed E-state index contributed by atoms with van der Waals surface area (Å²) in [6.45, 7) is 0. The molecule has 4 atom stereocenters. The van der Waals surface area contributed by atoms with Crippen LogP contribution in [0.25, 0.3) is 0 Å². The summed E-state index contributed by atoms with van der Waals surface area (Å²) in [6, 6.07) is -1.20. The number of carbonyl (C=O) groups excluding carboxylic acids is 2. The van der Waals surface area contributed by atoms with E-state index in [0.717, 1.165) is 19.3 Å². The van der Waals surface area contributed by atoms with Crippen molar-refractivity contribution in [2.24, 2.45) is 23.5 Å². The number of carboxylic acid groups (broad SMARTS) is 1. The van der Waals surface area contributed by atoms with Crippen molar-refractivity contribution in [3.8, 4) is 0 Å². The van der Waals surface area contributed by atoms with Gasteiger partial charge in [-0.05, 0) is 31.1 Å². The van der Waals surface area contributed by atoms with Gasteiger partial charge in [-0.3, -0.25) is 9.59 Å². The molecule has 0 heterocycles. The second-order valence-corrected chi connectivity index (χ2v) is 5.35. The van der Waals surface area contributed by atoms with Gasteiger partial charge in [0.1, 0.15) is 6.04 Å². The molecule has 3 unspecified atom stereocenters. The molecule has 0 aromatic carbocycles. The van der Waals surface area contributed by atoms with Crippen LogP contribution in [0.5, 0.6) is 0 Å². The number of nitrogens with one attached hydrogen (secondary N) is 1. The molecule has 0 aromatic heterocycles. The molecule has 2 aliphatic rings. The second kappa shape index (κ2) is 4.96. The number of nitrogens with two attached hydrogens (primary N) is 1. The Labute approximate surface area is 105 Å². The molecule has 100 valence electrons. The van der Waals surface area contributed by atoms with Gasteiger partial charge in [0.15, 0.2) is 0 Å². The highest BCUT2D eigenvalue weighted by Crippen LogP contribution is 2.48. The van der Waals surface area contributed by atoms with Crippen molar-refractivity contribution < 1.29 is 19.5 Å². The molecule has 2 bridgehead atoms. The molecule has 6 heteroatoms. The largest absolute Gasteiger partial charge is 0.480 e. The van der Waals surface area contributed by atoms with Crippen molar-refractivity contribution in [3.63, 3.8) is 0 Å². The first kappa shape index (κ1) is 12.9. The monoisotopic (exact) mass is 254 g/mol. The first-order valence-corrected chi connectivity index (χ1v) is 6.29. The summed E-state index contributed by atoms with van der Waals surface area (Å²) >= 11 is 0. The maximum Gasteiger partial charge on any atom is 0.326 e. The SMILES string of the molecule is NC(=O)C[C@@H](NC(=O)C1CC2CCC1C2)C(=O)O. The van der Waals surface area contributed by atoms with Crippen LogP contribution in [0.15, 0.2) is 0 Å². The highest BCUT2D eigenvalue weighted by atomic mass is 16.4. The average molecular weight is 254 g/mol. The van der Waals surface area contributed by atoms with Gasteiger partial charge in [0.05, 0.1) is 6.42 Å². The Balaban J connectivity index is 1.92. The number of amides is 2. The fourth-order valence-corrected chi connectivity index (χ4v) is 3.25. The lowest BCUT2D eigenvalue weighted by molar-refractivity contribution is -0.144. The minimum Gasteiger partial charge on any atom is -0.480 e. The molecule has 2 saturated carbocycles. The van der Waals surface area contributed by atoms with Gasteiger partial charge in [0.25, 0.3) is 0 Å². The minimum atomic E-state index is -1.22. The number of aliphatic carboxylic acids is 1. The van der Waals surface area contributed by atoms with E-state index in [2.05, 4.69) is 5.32 Å². The zero-order valence-corrected chi connectivity index (χ0v) is 10.1. The van der Waals surface area contributed by atoms with Gasteiger partial charge >= 0.3 is 5.97 Å². The Morgan fingerprint density at radius 1 is 1.28 bits per heavy atom. The lowest BCUT2D eigenvalue weighted by Crippen LogP contribution is -2.46. The van der Waals surface area contributed by atoms with Crippen molar-refractivity contribution in [1.29, 1.82) is 0 Å². The molecule has 0 radical (unpaired) electrons. The van der Waals surface area contributed by atoms with E-state index in [9.17, 15) is 14.4 Å². The maximum absolute atomic E-state index is 12.0. The molecule has 0 aromatic rings. The molecule has 18 heavy (non-hydrogen) atoms. The summed E-state index contributed by atoms with van der Waals surface area (Å²) in [5.74, 6) is -1.27. The standard InChI is InChI=1S/C12H18N2O4/c13-10(15)5-9(12(17)18)14-11(16)8-4-6-1-2-7(8)3-6/h6-9H,1-5H2,(H2,13,15)(H,14,16)(H,17,18)/t6?,7?,8?,9-/m1/s1. The summed E-state index contributed by atoms with van der Waals surface area (Å²) < 4.78 is 0. The molecule has 6 nitrogen and oxygen atoms in total. The fraction of sp³-hybridized carbons (Fsp3) is 0.750. The first-order valence-electron chi connectivity index (χ1n) is 6.29. The van der Waals surface area contributed by atoms with Crippen molar-refractivity contribution in [2.45, 2.75) is 38.1 Å². The van der Waals surface area contributed by atoms with Crippen LogP contribution >= 0.6 is 0 Å². The Morgan fingerprint density at radius 2 is 2.00 bits per heavy atom. The van der Waals surface area contributed by atoms with Crippen molar-refractivity contribution >= 4 is 17.8 Å².